The summed E-state index contributed by atoms with van der Waals surface area (Å²) in [6.07, 6.45) is 6.53. The highest BCUT2D eigenvalue weighted by atomic mass is 32.2. The Bertz CT molecular complexity index is 1450. The quantitative estimate of drug-likeness (QED) is 0.182. The average molecular weight is 544 g/mol. The number of benzene rings is 3. The van der Waals surface area contributed by atoms with Crippen LogP contribution in [-0.2, 0) is 4.79 Å². The minimum Gasteiger partial charge on any atom is -0.494 e. The molecule has 8 nitrogen and oxygen atoms in total. The number of ketones is 1. The van der Waals surface area contributed by atoms with Crippen LogP contribution < -0.4 is 24.3 Å². The molecular weight excluding hydrogens is 518 g/mol. The fourth-order valence-electron chi connectivity index (χ4n) is 3.84. The number of amides is 2. The van der Waals surface area contributed by atoms with Crippen LogP contribution in [0.4, 0.5) is 4.79 Å². The van der Waals surface area contributed by atoms with Gasteiger partial charge >= 0.3 is 0 Å². The van der Waals surface area contributed by atoms with Crippen LogP contribution in [0.3, 0.4) is 0 Å². The van der Waals surface area contributed by atoms with Gasteiger partial charge in [0.05, 0.1) is 18.1 Å². The van der Waals surface area contributed by atoms with Gasteiger partial charge in [0.25, 0.3) is 11.1 Å². The van der Waals surface area contributed by atoms with Gasteiger partial charge < -0.3 is 18.9 Å². The number of thioether (sulfide) groups is 1. The van der Waals surface area contributed by atoms with Crippen molar-refractivity contribution in [1.29, 1.82) is 0 Å². The van der Waals surface area contributed by atoms with Gasteiger partial charge in [-0.3, -0.25) is 19.7 Å². The van der Waals surface area contributed by atoms with Gasteiger partial charge in [-0.05, 0) is 84.3 Å². The predicted molar refractivity (Wildman–Crippen MR) is 148 cm³/mol. The summed E-state index contributed by atoms with van der Waals surface area (Å²) in [5.41, 5.74) is 2.21. The summed E-state index contributed by atoms with van der Waals surface area (Å²) in [7, 11) is 0. The molecule has 0 aromatic heterocycles. The molecule has 3 aromatic rings. The normalized spacial score (nSPS) is 15.1. The molecule has 39 heavy (non-hydrogen) atoms. The maximum atomic E-state index is 12.6. The number of imide groups is 1. The fraction of sp³-hybridized carbons (Fsp3) is 0.167. The molecule has 0 unspecified atom stereocenters. The number of carbonyl (C=O) groups is 3. The summed E-state index contributed by atoms with van der Waals surface area (Å²) in [6, 6.07) is 20.0. The van der Waals surface area contributed by atoms with E-state index in [9.17, 15) is 14.4 Å². The van der Waals surface area contributed by atoms with Crippen molar-refractivity contribution in [3.63, 3.8) is 0 Å². The third-order valence-corrected chi connectivity index (χ3v) is 6.65. The average Bonchev–Trinajstić information content (AvgIpc) is 3.54. The van der Waals surface area contributed by atoms with E-state index in [1.54, 1.807) is 30.4 Å². The monoisotopic (exact) mass is 543 g/mol. The first-order valence-electron chi connectivity index (χ1n) is 12.4. The van der Waals surface area contributed by atoms with Gasteiger partial charge in [-0.15, -0.1) is 0 Å². The van der Waals surface area contributed by atoms with Crippen molar-refractivity contribution in [2.24, 2.45) is 0 Å². The SMILES string of the molecule is O=C1NC(=O)/C(=C\c2ccc(OCCCCOc3cccc(C(=O)/C=C/c4ccc5c(c4)OCO5)c3)cc2)S1. The molecule has 0 atom stereocenters. The Balaban J connectivity index is 1.03. The van der Waals surface area contributed by atoms with E-state index in [1.165, 1.54) is 6.08 Å². The predicted octanol–water partition coefficient (Wildman–Crippen LogP) is 5.87. The summed E-state index contributed by atoms with van der Waals surface area (Å²) in [4.78, 5) is 35.9. The molecule has 2 amide bonds. The van der Waals surface area contributed by atoms with E-state index in [-0.39, 0.29) is 23.7 Å². The summed E-state index contributed by atoms with van der Waals surface area (Å²) >= 11 is 0.890. The first kappa shape index (κ1) is 26.1. The van der Waals surface area contributed by atoms with Crippen LogP contribution >= 0.6 is 11.8 Å². The summed E-state index contributed by atoms with van der Waals surface area (Å²) in [6.45, 7) is 1.24. The number of rotatable bonds is 11. The first-order chi connectivity index (χ1) is 19.0. The Kier molecular flexibility index (Phi) is 8.28. The molecule has 1 fully saturated rings. The summed E-state index contributed by atoms with van der Waals surface area (Å²) < 4.78 is 22.3. The van der Waals surface area contributed by atoms with Crippen LogP contribution in [0.15, 0.2) is 77.7 Å². The van der Waals surface area contributed by atoms with E-state index >= 15 is 0 Å². The molecule has 2 aliphatic rings. The first-order valence-corrected chi connectivity index (χ1v) is 13.2. The Morgan fingerprint density at radius 3 is 2.38 bits per heavy atom. The number of fused-ring (bicyclic) bond motifs is 1. The van der Waals surface area contributed by atoms with Gasteiger partial charge in [0.2, 0.25) is 6.79 Å². The van der Waals surface area contributed by atoms with E-state index in [2.05, 4.69) is 5.32 Å². The van der Waals surface area contributed by atoms with Gasteiger partial charge in [0, 0.05) is 5.56 Å². The molecule has 2 aliphatic heterocycles. The molecule has 0 spiro atoms. The molecule has 2 heterocycles. The van der Waals surface area contributed by atoms with Gasteiger partial charge in [0.1, 0.15) is 11.5 Å². The van der Waals surface area contributed by atoms with Gasteiger partial charge in [0.15, 0.2) is 17.3 Å². The molecule has 0 saturated carbocycles. The molecular formula is C30H25NO7S. The molecule has 5 rings (SSSR count). The molecule has 0 bridgehead atoms. The van der Waals surface area contributed by atoms with Crippen LogP contribution in [0.25, 0.3) is 12.2 Å². The zero-order valence-electron chi connectivity index (χ0n) is 20.9. The highest BCUT2D eigenvalue weighted by Gasteiger charge is 2.24. The van der Waals surface area contributed by atoms with Crippen molar-refractivity contribution in [2.45, 2.75) is 12.8 Å². The lowest BCUT2D eigenvalue weighted by Crippen LogP contribution is -2.17. The maximum Gasteiger partial charge on any atom is 0.290 e. The summed E-state index contributed by atoms with van der Waals surface area (Å²) in [5, 5.41) is 1.88. The van der Waals surface area contributed by atoms with Crippen molar-refractivity contribution < 1.29 is 33.3 Å². The minimum absolute atomic E-state index is 0.118. The number of nitrogens with one attached hydrogen (secondary N) is 1. The second-order valence-corrected chi connectivity index (χ2v) is 9.68. The third-order valence-electron chi connectivity index (χ3n) is 5.84. The highest BCUT2D eigenvalue weighted by Crippen LogP contribution is 2.33. The number of allylic oxidation sites excluding steroid dienone is 1. The molecule has 198 valence electrons. The molecule has 9 heteroatoms. The van der Waals surface area contributed by atoms with Crippen molar-refractivity contribution in [3.05, 3.63) is 94.4 Å². The number of carbonyl (C=O) groups excluding carboxylic acids is 3. The smallest absolute Gasteiger partial charge is 0.290 e. The summed E-state index contributed by atoms with van der Waals surface area (Å²) in [5.74, 6) is 2.24. The van der Waals surface area contributed by atoms with Crippen LogP contribution in [0, 0.1) is 0 Å². The number of unbranched alkanes of at least 4 members (excludes halogenated alkanes) is 1. The van der Waals surface area contributed by atoms with Crippen LogP contribution in [-0.4, -0.2) is 36.9 Å². The molecule has 0 aliphatic carbocycles. The number of hydrogen-bond donors (Lipinski definition) is 1. The van der Waals surface area contributed by atoms with Crippen molar-refractivity contribution >= 4 is 40.8 Å². The number of ether oxygens (including phenoxy) is 4. The van der Waals surface area contributed by atoms with Gasteiger partial charge in [-0.2, -0.15) is 0 Å². The van der Waals surface area contributed by atoms with Crippen LogP contribution in [0.2, 0.25) is 0 Å². The number of hydrogen-bond acceptors (Lipinski definition) is 8. The highest BCUT2D eigenvalue weighted by molar-refractivity contribution is 8.18. The van der Waals surface area contributed by atoms with Crippen LogP contribution in [0.1, 0.15) is 34.3 Å². The third kappa shape index (κ3) is 7.08. The van der Waals surface area contributed by atoms with E-state index in [1.807, 2.05) is 48.5 Å². The maximum absolute atomic E-state index is 12.6. The van der Waals surface area contributed by atoms with Crippen LogP contribution in [0.5, 0.6) is 23.0 Å². The van der Waals surface area contributed by atoms with Gasteiger partial charge in [-0.1, -0.05) is 36.4 Å². The topological polar surface area (TPSA) is 100 Å². The lowest BCUT2D eigenvalue weighted by Gasteiger charge is -2.09. The van der Waals surface area contributed by atoms with E-state index in [0.29, 0.717) is 40.9 Å². The van der Waals surface area contributed by atoms with E-state index in [4.69, 9.17) is 18.9 Å². The Hall–Kier alpha value is -4.50. The largest absolute Gasteiger partial charge is 0.494 e. The second kappa shape index (κ2) is 12.4. The Labute approximate surface area is 229 Å². The zero-order chi connectivity index (χ0) is 27.0. The van der Waals surface area contributed by atoms with Crippen molar-refractivity contribution in [1.82, 2.24) is 5.32 Å². The molecule has 1 N–H and O–H groups in total. The molecule has 0 radical (unpaired) electrons. The Morgan fingerprint density at radius 1 is 0.872 bits per heavy atom. The molecule has 3 aromatic carbocycles. The van der Waals surface area contributed by atoms with Gasteiger partial charge in [-0.25, -0.2) is 0 Å². The fourth-order valence-corrected chi connectivity index (χ4v) is 4.52. The molecule has 1 saturated heterocycles. The zero-order valence-corrected chi connectivity index (χ0v) is 21.7. The second-order valence-electron chi connectivity index (χ2n) is 8.66. The minimum atomic E-state index is -0.375. The van der Waals surface area contributed by atoms with E-state index < -0.39 is 0 Å². The van der Waals surface area contributed by atoms with Crippen molar-refractivity contribution in [3.8, 4) is 23.0 Å². The lowest BCUT2D eigenvalue weighted by atomic mass is 10.1. The standard InChI is InChI=1S/C30H25NO7S/c32-25(12-8-20-9-13-26-27(16-20)38-19-37-26)22-4-3-5-24(18-22)36-15-2-1-14-35-23-10-6-21(7-11-23)17-28-29(33)31-30(34)39-28/h3-13,16-18H,1-2,14-15,19H2,(H,31,33,34)/b12-8+,28-17+. The van der Waals surface area contributed by atoms with Crippen molar-refractivity contribution in [2.75, 3.05) is 20.0 Å². The Morgan fingerprint density at radius 2 is 1.62 bits per heavy atom. The van der Waals surface area contributed by atoms with E-state index in [0.717, 1.165) is 41.5 Å². The lowest BCUT2D eigenvalue weighted by molar-refractivity contribution is -0.115.